The van der Waals surface area contributed by atoms with Crippen molar-refractivity contribution >= 4 is 17.7 Å². The lowest BCUT2D eigenvalue weighted by atomic mass is 9.89. The molecule has 0 heterocycles. The SMILES string of the molecule is CC(C)C(C)SC1CCCCC1C(=O)O. The summed E-state index contributed by atoms with van der Waals surface area (Å²) in [5, 5.41) is 10.1. The van der Waals surface area contributed by atoms with Gasteiger partial charge >= 0.3 is 5.97 Å². The van der Waals surface area contributed by atoms with Crippen molar-refractivity contribution in [2.75, 3.05) is 0 Å². The van der Waals surface area contributed by atoms with Crippen molar-refractivity contribution in [1.29, 1.82) is 0 Å². The molecular weight excluding hydrogens is 208 g/mol. The maximum atomic E-state index is 11.1. The van der Waals surface area contributed by atoms with Gasteiger partial charge in [0.25, 0.3) is 0 Å². The highest BCUT2D eigenvalue weighted by Crippen LogP contribution is 2.37. The van der Waals surface area contributed by atoms with Crippen molar-refractivity contribution in [3.63, 3.8) is 0 Å². The second-order valence-electron chi connectivity index (χ2n) is 4.85. The molecule has 0 aromatic rings. The third kappa shape index (κ3) is 3.71. The highest BCUT2D eigenvalue weighted by atomic mass is 32.2. The average molecular weight is 230 g/mol. The van der Waals surface area contributed by atoms with Crippen LogP contribution in [0, 0.1) is 11.8 Å². The number of rotatable bonds is 4. The summed E-state index contributed by atoms with van der Waals surface area (Å²) >= 11 is 1.88. The molecule has 1 aliphatic rings. The molecule has 3 heteroatoms. The molecule has 3 atom stereocenters. The van der Waals surface area contributed by atoms with Gasteiger partial charge in [0.05, 0.1) is 5.92 Å². The summed E-state index contributed by atoms with van der Waals surface area (Å²) in [5.41, 5.74) is 0. The zero-order valence-corrected chi connectivity index (χ0v) is 10.7. The first kappa shape index (κ1) is 12.9. The van der Waals surface area contributed by atoms with E-state index in [1.165, 1.54) is 6.42 Å². The maximum Gasteiger partial charge on any atom is 0.307 e. The van der Waals surface area contributed by atoms with Crippen molar-refractivity contribution in [3.05, 3.63) is 0 Å². The summed E-state index contributed by atoms with van der Waals surface area (Å²) in [6.07, 6.45) is 4.24. The van der Waals surface area contributed by atoms with Gasteiger partial charge in [0.2, 0.25) is 0 Å². The van der Waals surface area contributed by atoms with E-state index in [-0.39, 0.29) is 5.92 Å². The summed E-state index contributed by atoms with van der Waals surface area (Å²) in [4.78, 5) is 11.1. The van der Waals surface area contributed by atoms with Crippen molar-refractivity contribution in [2.24, 2.45) is 11.8 Å². The Morgan fingerprint density at radius 2 is 1.87 bits per heavy atom. The van der Waals surface area contributed by atoms with Crippen molar-refractivity contribution < 1.29 is 9.90 Å². The van der Waals surface area contributed by atoms with Crippen LogP contribution in [0.25, 0.3) is 0 Å². The number of hydrogen-bond acceptors (Lipinski definition) is 2. The maximum absolute atomic E-state index is 11.1. The molecule has 0 bridgehead atoms. The standard InChI is InChI=1S/C12H22O2S/c1-8(2)9(3)15-11-7-5-4-6-10(11)12(13)14/h8-11H,4-7H2,1-3H3,(H,13,14). The lowest BCUT2D eigenvalue weighted by Gasteiger charge is -2.31. The molecule has 2 nitrogen and oxygen atoms in total. The van der Waals surface area contributed by atoms with Crippen LogP contribution in [0.3, 0.4) is 0 Å². The van der Waals surface area contributed by atoms with Crippen molar-refractivity contribution in [1.82, 2.24) is 0 Å². The van der Waals surface area contributed by atoms with E-state index in [1.807, 2.05) is 11.8 Å². The quantitative estimate of drug-likeness (QED) is 0.804. The fourth-order valence-electron chi connectivity index (χ4n) is 1.98. The summed E-state index contributed by atoms with van der Waals surface area (Å²) < 4.78 is 0. The second-order valence-corrected chi connectivity index (χ2v) is 6.47. The molecule has 88 valence electrons. The molecule has 1 rings (SSSR count). The highest BCUT2D eigenvalue weighted by Gasteiger charge is 2.32. The minimum atomic E-state index is -0.594. The molecule has 0 spiro atoms. The van der Waals surface area contributed by atoms with Crippen LogP contribution in [0.4, 0.5) is 0 Å². The van der Waals surface area contributed by atoms with Crippen LogP contribution in [0.1, 0.15) is 46.5 Å². The Morgan fingerprint density at radius 3 is 2.40 bits per heavy atom. The van der Waals surface area contributed by atoms with Gasteiger partial charge in [0.15, 0.2) is 0 Å². The Hall–Kier alpha value is -0.180. The summed E-state index contributed by atoms with van der Waals surface area (Å²) in [5.74, 6) is -0.0699. The molecule has 15 heavy (non-hydrogen) atoms. The van der Waals surface area contributed by atoms with E-state index >= 15 is 0 Å². The molecule has 0 aromatic carbocycles. The van der Waals surface area contributed by atoms with Crippen LogP contribution in [0.5, 0.6) is 0 Å². The zero-order chi connectivity index (χ0) is 11.4. The summed E-state index contributed by atoms with van der Waals surface area (Å²) in [6, 6.07) is 0. The Bertz CT molecular complexity index is 216. The molecule has 0 amide bonds. The minimum absolute atomic E-state index is 0.107. The van der Waals surface area contributed by atoms with Gasteiger partial charge in [-0.15, -0.1) is 0 Å². The second kappa shape index (κ2) is 5.78. The van der Waals surface area contributed by atoms with Crippen LogP contribution in [0.15, 0.2) is 0 Å². The van der Waals surface area contributed by atoms with Crippen molar-refractivity contribution in [3.8, 4) is 0 Å². The molecule has 0 saturated heterocycles. The van der Waals surface area contributed by atoms with Gasteiger partial charge in [-0.1, -0.05) is 33.6 Å². The average Bonchev–Trinajstić information content (AvgIpc) is 2.18. The molecule has 1 fully saturated rings. The fraction of sp³-hybridized carbons (Fsp3) is 0.917. The van der Waals surface area contributed by atoms with Gasteiger partial charge in [-0.25, -0.2) is 0 Å². The number of carboxylic acids is 1. The van der Waals surface area contributed by atoms with Gasteiger partial charge in [0, 0.05) is 10.5 Å². The van der Waals surface area contributed by atoms with Crippen molar-refractivity contribution in [2.45, 2.75) is 57.0 Å². The molecule has 1 N–H and O–H groups in total. The van der Waals surface area contributed by atoms with Crippen LogP contribution in [0.2, 0.25) is 0 Å². The molecule has 1 aliphatic carbocycles. The van der Waals surface area contributed by atoms with Gasteiger partial charge in [0.1, 0.15) is 0 Å². The van der Waals surface area contributed by atoms with Gasteiger partial charge in [-0.2, -0.15) is 11.8 Å². The van der Waals surface area contributed by atoms with E-state index in [4.69, 9.17) is 5.11 Å². The minimum Gasteiger partial charge on any atom is -0.481 e. The Kier molecular flexibility index (Phi) is 4.97. The molecule has 3 unspecified atom stereocenters. The van der Waals surface area contributed by atoms with E-state index in [2.05, 4.69) is 20.8 Å². The van der Waals surface area contributed by atoms with Gasteiger partial charge in [-0.05, 0) is 18.8 Å². The number of aliphatic carboxylic acids is 1. The van der Waals surface area contributed by atoms with Gasteiger partial charge < -0.3 is 5.11 Å². The van der Waals surface area contributed by atoms with E-state index in [0.717, 1.165) is 19.3 Å². The smallest absolute Gasteiger partial charge is 0.307 e. The van der Waals surface area contributed by atoms with E-state index in [9.17, 15) is 4.79 Å². The normalized spacial score (nSPS) is 29.1. The molecule has 0 radical (unpaired) electrons. The first-order valence-electron chi connectivity index (χ1n) is 5.90. The van der Waals surface area contributed by atoms with Crippen LogP contribution in [-0.4, -0.2) is 21.6 Å². The Labute approximate surface area is 96.8 Å². The third-order valence-corrected chi connectivity index (χ3v) is 5.24. The predicted octanol–water partition coefficient (Wildman–Crippen LogP) is 3.41. The molecule has 1 saturated carbocycles. The molecule has 0 aliphatic heterocycles. The van der Waals surface area contributed by atoms with E-state index in [0.29, 0.717) is 16.4 Å². The number of carbonyl (C=O) groups is 1. The number of carboxylic acid groups (broad SMARTS) is 1. The lowest BCUT2D eigenvalue weighted by Crippen LogP contribution is -2.31. The first-order chi connectivity index (χ1) is 7.02. The molecule has 0 aromatic heterocycles. The van der Waals surface area contributed by atoms with Crippen LogP contribution < -0.4 is 0 Å². The van der Waals surface area contributed by atoms with E-state index < -0.39 is 5.97 Å². The van der Waals surface area contributed by atoms with E-state index in [1.54, 1.807) is 0 Å². The van der Waals surface area contributed by atoms with Crippen LogP contribution in [-0.2, 0) is 4.79 Å². The third-order valence-electron chi connectivity index (χ3n) is 3.35. The number of thioether (sulfide) groups is 1. The Balaban J connectivity index is 2.53. The lowest BCUT2D eigenvalue weighted by molar-refractivity contribution is -0.142. The summed E-state index contributed by atoms with van der Waals surface area (Å²) in [6.45, 7) is 6.62. The fourth-order valence-corrected chi connectivity index (χ4v) is 3.59. The largest absolute Gasteiger partial charge is 0.481 e. The number of hydrogen-bond donors (Lipinski definition) is 1. The monoisotopic (exact) mass is 230 g/mol. The Morgan fingerprint density at radius 1 is 1.27 bits per heavy atom. The summed E-state index contributed by atoms with van der Waals surface area (Å²) in [7, 11) is 0. The molecular formula is C12H22O2S. The van der Waals surface area contributed by atoms with Gasteiger partial charge in [-0.3, -0.25) is 4.79 Å². The zero-order valence-electron chi connectivity index (χ0n) is 9.90. The first-order valence-corrected chi connectivity index (χ1v) is 6.85. The predicted molar refractivity (Wildman–Crippen MR) is 65.3 cm³/mol. The van der Waals surface area contributed by atoms with Crippen LogP contribution >= 0.6 is 11.8 Å². The highest BCUT2D eigenvalue weighted by molar-refractivity contribution is 8.00. The topological polar surface area (TPSA) is 37.3 Å².